The van der Waals surface area contributed by atoms with Gasteiger partial charge in [-0.05, 0) is 48.7 Å². The quantitative estimate of drug-likeness (QED) is 0.878. The van der Waals surface area contributed by atoms with Crippen LogP contribution in [0.4, 0.5) is 5.69 Å². The SMILES string of the molecule is Cc1cc(N)c(C)c(S(=O)(=O)N(C)Cc2cccnc2)c1. The Morgan fingerprint density at radius 2 is 2.00 bits per heavy atom. The first-order valence-corrected chi connectivity index (χ1v) is 7.98. The number of benzene rings is 1. The number of nitrogens with two attached hydrogens (primary N) is 1. The number of aromatic nitrogens is 1. The molecule has 2 N–H and O–H groups in total. The van der Waals surface area contributed by atoms with Gasteiger partial charge in [-0.15, -0.1) is 0 Å². The predicted molar refractivity (Wildman–Crippen MR) is 83.2 cm³/mol. The van der Waals surface area contributed by atoms with Crippen LogP contribution in [-0.4, -0.2) is 24.8 Å². The fourth-order valence-corrected chi connectivity index (χ4v) is 3.62. The molecule has 0 bridgehead atoms. The third kappa shape index (κ3) is 3.22. The zero-order valence-corrected chi connectivity index (χ0v) is 13.2. The first-order valence-electron chi connectivity index (χ1n) is 6.54. The summed E-state index contributed by atoms with van der Waals surface area (Å²) in [4.78, 5) is 4.25. The molecule has 6 heteroatoms. The molecule has 0 saturated carbocycles. The van der Waals surface area contributed by atoms with Crippen LogP contribution in [-0.2, 0) is 16.6 Å². The van der Waals surface area contributed by atoms with Gasteiger partial charge in [0.15, 0.2) is 0 Å². The number of nitrogen functional groups attached to an aromatic ring is 1. The van der Waals surface area contributed by atoms with E-state index >= 15 is 0 Å². The van der Waals surface area contributed by atoms with Crippen LogP contribution in [0.25, 0.3) is 0 Å². The largest absolute Gasteiger partial charge is 0.398 e. The van der Waals surface area contributed by atoms with E-state index in [0.717, 1.165) is 11.1 Å². The third-order valence-electron chi connectivity index (χ3n) is 3.36. The summed E-state index contributed by atoms with van der Waals surface area (Å²) in [5, 5.41) is 0. The highest BCUT2D eigenvalue weighted by atomic mass is 32.2. The Morgan fingerprint density at radius 3 is 2.62 bits per heavy atom. The van der Waals surface area contributed by atoms with Crippen molar-refractivity contribution in [3.8, 4) is 0 Å². The van der Waals surface area contributed by atoms with Crippen molar-refractivity contribution < 1.29 is 8.42 Å². The molecule has 112 valence electrons. The molecule has 0 aliphatic carbocycles. The molecule has 0 unspecified atom stereocenters. The lowest BCUT2D eigenvalue weighted by Gasteiger charge is -2.19. The summed E-state index contributed by atoms with van der Waals surface area (Å²) in [7, 11) is -2.03. The van der Waals surface area contributed by atoms with Crippen molar-refractivity contribution in [1.82, 2.24) is 9.29 Å². The minimum Gasteiger partial charge on any atom is -0.398 e. The number of anilines is 1. The Labute approximate surface area is 125 Å². The van der Waals surface area contributed by atoms with Crippen LogP contribution in [0.3, 0.4) is 0 Å². The normalized spacial score (nSPS) is 11.8. The molecule has 5 nitrogen and oxygen atoms in total. The van der Waals surface area contributed by atoms with Crippen LogP contribution in [0.15, 0.2) is 41.6 Å². The Morgan fingerprint density at radius 1 is 1.29 bits per heavy atom. The fourth-order valence-electron chi connectivity index (χ4n) is 2.12. The summed E-state index contributed by atoms with van der Waals surface area (Å²) < 4.78 is 26.7. The van der Waals surface area contributed by atoms with Crippen LogP contribution >= 0.6 is 0 Å². The molecule has 0 aliphatic heterocycles. The maximum Gasteiger partial charge on any atom is 0.243 e. The van der Waals surface area contributed by atoms with E-state index in [9.17, 15) is 8.42 Å². The zero-order valence-electron chi connectivity index (χ0n) is 12.4. The van der Waals surface area contributed by atoms with Crippen molar-refractivity contribution in [2.24, 2.45) is 0 Å². The molecule has 1 aromatic carbocycles. The summed E-state index contributed by atoms with van der Waals surface area (Å²) >= 11 is 0. The van der Waals surface area contributed by atoms with E-state index in [-0.39, 0.29) is 11.4 Å². The molecule has 2 aromatic rings. The Bertz CT molecular complexity index is 743. The van der Waals surface area contributed by atoms with Gasteiger partial charge in [0.05, 0.1) is 4.90 Å². The molecule has 0 amide bonds. The van der Waals surface area contributed by atoms with E-state index in [1.54, 1.807) is 44.6 Å². The van der Waals surface area contributed by atoms with Gasteiger partial charge in [-0.3, -0.25) is 4.98 Å². The number of nitrogens with zero attached hydrogens (tertiary/aromatic N) is 2. The summed E-state index contributed by atoms with van der Waals surface area (Å²) in [6.07, 6.45) is 3.31. The average molecular weight is 305 g/mol. The molecule has 1 heterocycles. The van der Waals surface area contributed by atoms with Crippen molar-refractivity contribution in [2.75, 3.05) is 12.8 Å². The van der Waals surface area contributed by atoms with Gasteiger partial charge in [-0.2, -0.15) is 4.31 Å². The van der Waals surface area contributed by atoms with Gasteiger partial charge in [-0.25, -0.2) is 8.42 Å². The van der Waals surface area contributed by atoms with E-state index in [0.29, 0.717) is 11.3 Å². The van der Waals surface area contributed by atoms with E-state index in [1.165, 1.54) is 4.31 Å². The third-order valence-corrected chi connectivity index (χ3v) is 5.29. The summed E-state index contributed by atoms with van der Waals surface area (Å²) in [5.74, 6) is 0. The Balaban J connectivity index is 2.38. The van der Waals surface area contributed by atoms with Crippen LogP contribution in [0.1, 0.15) is 16.7 Å². The Hall–Kier alpha value is -1.92. The van der Waals surface area contributed by atoms with Crippen molar-refractivity contribution in [2.45, 2.75) is 25.3 Å². The summed E-state index contributed by atoms with van der Waals surface area (Å²) in [6.45, 7) is 3.82. The van der Waals surface area contributed by atoms with Gasteiger partial charge in [0.25, 0.3) is 0 Å². The Kier molecular flexibility index (Phi) is 4.29. The van der Waals surface area contributed by atoms with Crippen molar-refractivity contribution in [1.29, 1.82) is 0 Å². The van der Waals surface area contributed by atoms with Crippen molar-refractivity contribution >= 4 is 15.7 Å². The van der Waals surface area contributed by atoms with Gasteiger partial charge >= 0.3 is 0 Å². The molecule has 0 aliphatic rings. The highest BCUT2D eigenvalue weighted by Gasteiger charge is 2.24. The topological polar surface area (TPSA) is 76.3 Å². The number of pyridine rings is 1. The van der Waals surface area contributed by atoms with Gasteiger partial charge in [0.2, 0.25) is 10.0 Å². The first kappa shape index (κ1) is 15.5. The van der Waals surface area contributed by atoms with Crippen molar-refractivity contribution in [3.05, 3.63) is 53.3 Å². The minimum atomic E-state index is -3.59. The van der Waals surface area contributed by atoms with E-state index in [4.69, 9.17) is 5.73 Å². The molecular formula is C15H19N3O2S. The van der Waals surface area contributed by atoms with Crippen LogP contribution in [0, 0.1) is 13.8 Å². The smallest absolute Gasteiger partial charge is 0.243 e. The molecule has 1 aromatic heterocycles. The minimum absolute atomic E-state index is 0.256. The number of rotatable bonds is 4. The molecule has 21 heavy (non-hydrogen) atoms. The van der Waals surface area contributed by atoms with E-state index < -0.39 is 10.0 Å². The number of aryl methyl sites for hydroxylation is 1. The predicted octanol–water partition coefficient (Wildman–Crippen LogP) is 2.10. The second-order valence-electron chi connectivity index (χ2n) is 5.10. The monoisotopic (exact) mass is 305 g/mol. The van der Waals surface area contributed by atoms with E-state index in [1.807, 2.05) is 13.0 Å². The van der Waals surface area contributed by atoms with Gasteiger partial charge in [0.1, 0.15) is 0 Å². The van der Waals surface area contributed by atoms with Gasteiger partial charge in [0, 0.05) is 31.7 Å². The fraction of sp³-hybridized carbons (Fsp3) is 0.267. The number of hydrogen-bond acceptors (Lipinski definition) is 4. The highest BCUT2D eigenvalue weighted by molar-refractivity contribution is 7.89. The van der Waals surface area contributed by atoms with Crippen LogP contribution in [0.2, 0.25) is 0 Å². The van der Waals surface area contributed by atoms with E-state index in [2.05, 4.69) is 4.98 Å². The number of hydrogen-bond donors (Lipinski definition) is 1. The molecule has 0 radical (unpaired) electrons. The van der Waals surface area contributed by atoms with Gasteiger partial charge in [-0.1, -0.05) is 6.07 Å². The molecular weight excluding hydrogens is 286 g/mol. The lowest BCUT2D eigenvalue weighted by Crippen LogP contribution is -2.27. The first-order chi connectivity index (χ1) is 9.82. The molecule has 0 atom stereocenters. The lowest BCUT2D eigenvalue weighted by atomic mass is 10.1. The lowest BCUT2D eigenvalue weighted by molar-refractivity contribution is 0.466. The van der Waals surface area contributed by atoms with Crippen LogP contribution in [0.5, 0.6) is 0 Å². The summed E-state index contributed by atoms with van der Waals surface area (Å²) in [6, 6.07) is 7.05. The van der Waals surface area contributed by atoms with Gasteiger partial charge < -0.3 is 5.73 Å². The molecule has 0 fully saturated rings. The maximum absolute atomic E-state index is 12.7. The van der Waals surface area contributed by atoms with Crippen LogP contribution < -0.4 is 5.73 Å². The summed E-state index contributed by atoms with van der Waals surface area (Å²) in [5.41, 5.74) is 8.61. The molecule has 2 rings (SSSR count). The second-order valence-corrected chi connectivity index (χ2v) is 7.11. The average Bonchev–Trinajstić information content (AvgIpc) is 2.43. The van der Waals surface area contributed by atoms with Crippen molar-refractivity contribution in [3.63, 3.8) is 0 Å². The maximum atomic E-state index is 12.7. The second kappa shape index (κ2) is 5.83. The zero-order chi connectivity index (χ0) is 15.6. The molecule has 0 spiro atoms. The standard InChI is InChI=1S/C15H19N3O2S/c1-11-7-14(16)12(2)15(8-11)21(19,20)18(3)10-13-5-4-6-17-9-13/h4-9H,10,16H2,1-3H3. The number of sulfonamides is 1. The highest BCUT2D eigenvalue weighted by Crippen LogP contribution is 2.26. The molecule has 0 saturated heterocycles.